The van der Waals surface area contributed by atoms with E-state index < -0.39 is 6.10 Å². The van der Waals surface area contributed by atoms with E-state index in [0.29, 0.717) is 19.3 Å². The van der Waals surface area contributed by atoms with Gasteiger partial charge < -0.3 is 14.2 Å². The summed E-state index contributed by atoms with van der Waals surface area (Å²) in [6, 6.07) is 0. The zero-order valence-electron chi connectivity index (χ0n) is 47.8. The van der Waals surface area contributed by atoms with Gasteiger partial charge in [-0.3, -0.25) is 14.4 Å². The van der Waals surface area contributed by atoms with E-state index in [-0.39, 0.29) is 31.1 Å². The van der Waals surface area contributed by atoms with Gasteiger partial charge in [0.25, 0.3) is 0 Å². The fourth-order valence-electron chi connectivity index (χ4n) is 7.94. The average molecular weight is 1020 g/mol. The van der Waals surface area contributed by atoms with Crippen molar-refractivity contribution in [3.8, 4) is 0 Å². The highest BCUT2D eigenvalue weighted by Crippen LogP contribution is 2.15. The summed E-state index contributed by atoms with van der Waals surface area (Å²) in [4.78, 5) is 37.9. The molecule has 418 valence electrons. The number of carbonyl (C=O) groups is 3. The number of ether oxygens (including phenoxy) is 3. The summed E-state index contributed by atoms with van der Waals surface area (Å²) in [7, 11) is 0. The average Bonchev–Trinajstić information content (AvgIpc) is 3.40. The van der Waals surface area contributed by atoms with Crippen molar-refractivity contribution in [3.63, 3.8) is 0 Å². The van der Waals surface area contributed by atoms with Crippen LogP contribution in [0.2, 0.25) is 0 Å². The van der Waals surface area contributed by atoms with Gasteiger partial charge in [-0.2, -0.15) is 0 Å². The lowest BCUT2D eigenvalue weighted by Gasteiger charge is -2.18. The summed E-state index contributed by atoms with van der Waals surface area (Å²) in [6.07, 6.45) is 86.3. The first-order valence-electron chi connectivity index (χ1n) is 30.2. The molecule has 0 bridgehead atoms. The normalized spacial score (nSPS) is 13.1. The first-order valence-corrected chi connectivity index (χ1v) is 30.2. The summed E-state index contributed by atoms with van der Waals surface area (Å²) >= 11 is 0. The molecule has 0 N–H and O–H groups in total. The molecule has 0 spiro atoms. The minimum Gasteiger partial charge on any atom is -0.462 e. The van der Waals surface area contributed by atoms with Crippen LogP contribution in [0, 0.1) is 0 Å². The number of hydrogen-bond donors (Lipinski definition) is 0. The van der Waals surface area contributed by atoms with Crippen LogP contribution >= 0.6 is 0 Å². The second kappa shape index (κ2) is 61.1. The van der Waals surface area contributed by atoms with Crippen molar-refractivity contribution in [2.45, 2.75) is 264 Å². The van der Waals surface area contributed by atoms with Crippen LogP contribution in [-0.2, 0) is 28.6 Å². The Morgan fingerprint density at radius 3 is 0.824 bits per heavy atom. The van der Waals surface area contributed by atoms with Gasteiger partial charge in [-0.15, -0.1) is 0 Å². The quantitative estimate of drug-likeness (QED) is 0.0261. The summed E-state index contributed by atoms with van der Waals surface area (Å²) < 4.78 is 16.7. The van der Waals surface area contributed by atoms with Crippen molar-refractivity contribution in [2.75, 3.05) is 13.2 Å². The van der Waals surface area contributed by atoms with E-state index in [1.54, 1.807) is 0 Å². The highest BCUT2D eigenvalue weighted by atomic mass is 16.6. The van der Waals surface area contributed by atoms with Crippen LogP contribution in [0.25, 0.3) is 0 Å². The van der Waals surface area contributed by atoms with Crippen LogP contribution in [0.5, 0.6) is 0 Å². The SMILES string of the molecule is CC/C=C\C/C=C\C/C=C\C/C=C\C/C=C\C/C=C\C/C=C\C/C=C\CCCCCCCCCCCCC(=O)OCC(COC(=O)CCCCCCCC)OC(=O)CCCCCCC/C=C\C/C=C\C/C=C\CC. The zero-order valence-corrected chi connectivity index (χ0v) is 47.8. The maximum atomic E-state index is 12.8. The predicted molar refractivity (Wildman–Crippen MR) is 320 cm³/mol. The molecule has 1 unspecified atom stereocenters. The molecule has 0 heterocycles. The Bertz CT molecular complexity index is 1600. The highest BCUT2D eigenvalue weighted by Gasteiger charge is 2.19. The van der Waals surface area contributed by atoms with E-state index >= 15 is 0 Å². The maximum absolute atomic E-state index is 12.8. The molecule has 1 atom stereocenters. The monoisotopic (exact) mass is 1020 g/mol. The lowest BCUT2D eigenvalue weighted by Crippen LogP contribution is -2.30. The molecule has 0 aliphatic heterocycles. The minimum atomic E-state index is -0.788. The molecule has 0 saturated carbocycles. The number of hydrogen-bond acceptors (Lipinski definition) is 6. The van der Waals surface area contributed by atoms with Gasteiger partial charge in [0.1, 0.15) is 13.2 Å². The fourth-order valence-corrected chi connectivity index (χ4v) is 7.94. The van der Waals surface area contributed by atoms with Crippen LogP contribution < -0.4 is 0 Å². The zero-order chi connectivity index (χ0) is 53.6. The van der Waals surface area contributed by atoms with Gasteiger partial charge in [0.2, 0.25) is 0 Å². The second-order valence-electron chi connectivity index (χ2n) is 19.5. The number of esters is 3. The Kier molecular flexibility index (Phi) is 57.4. The molecular weight excluding hydrogens is 913 g/mol. The van der Waals surface area contributed by atoms with E-state index in [9.17, 15) is 14.4 Å². The molecule has 0 aromatic carbocycles. The van der Waals surface area contributed by atoms with E-state index in [4.69, 9.17) is 14.2 Å². The Labute approximate surface area is 455 Å². The predicted octanol–water partition coefficient (Wildman–Crippen LogP) is 20.6. The highest BCUT2D eigenvalue weighted by molar-refractivity contribution is 5.71. The largest absolute Gasteiger partial charge is 0.462 e. The Hall–Kier alpha value is -4.45. The lowest BCUT2D eigenvalue weighted by atomic mass is 10.1. The van der Waals surface area contributed by atoms with Crippen LogP contribution in [0.3, 0.4) is 0 Å². The van der Waals surface area contributed by atoms with Crippen molar-refractivity contribution in [3.05, 3.63) is 134 Å². The molecule has 0 amide bonds. The summed E-state index contributed by atoms with van der Waals surface area (Å²) in [6.45, 7) is 6.33. The summed E-state index contributed by atoms with van der Waals surface area (Å²) in [5.74, 6) is -0.923. The van der Waals surface area contributed by atoms with Crippen molar-refractivity contribution >= 4 is 17.9 Å². The number of rotatable bonds is 53. The third-order valence-electron chi connectivity index (χ3n) is 12.4. The topological polar surface area (TPSA) is 78.9 Å². The minimum absolute atomic E-state index is 0.0882. The van der Waals surface area contributed by atoms with Crippen LogP contribution in [0.4, 0.5) is 0 Å². The molecule has 0 aromatic rings. The van der Waals surface area contributed by atoms with Gasteiger partial charge in [-0.1, -0.05) is 257 Å². The maximum Gasteiger partial charge on any atom is 0.306 e. The van der Waals surface area contributed by atoms with Crippen LogP contribution in [0.15, 0.2) is 134 Å². The van der Waals surface area contributed by atoms with E-state index in [0.717, 1.165) is 154 Å². The number of carbonyl (C=O) groups excluding carboxylic acids is 3. The molecule has 0 fully saturated rings. The summed E-state index contributed by atoms with van der Waals surface area (Å²) in [5, 5.41) is 0. The van der Waals surface area contributed by atoms with Crippen molar-refractivity contribution < 1.29 is 28.6 Å². The van der Waals surface area contributed by atoms with Crippen LogP contribution in [-0.4, -0.2) is 37.2 Å². The molecular formula is C68H110O6. The lowest BCUT2D eigenvalue weighted by molar-refractivity contribution is -0.167. The molecule has 74 heavy (non-hydrogen) atoms. The number of allylic oxidation sites excluding steroid dienone is 22. The third kappa shape index (κ3) is 58.4. The molecule has 0 aromatic heterocycles. The Balaban J connectivity index is 4.08. The van der Waals surface area contributed by atoms with Crippen molar-refractivity contribution in [2.24, 2.45) is 0 Å². The van der Waals surface area contributed by atoms with E-state index in [1.165, 1.54) is 64.2 Å². The van der Waals surface area contributed by atoms with Gasteiger partial charge in [0.05, 0.1) is 0 Å². The standard InChI is InChI=1S/C68H110O6/c1-4-7-10-13-16-18-20-22-24-25-26-27-28-29-30-31-32-33-34-35-36-37-38-39-40-41-42-43-45-46-48-50-52-55-58-61-67(70)73-64-65(63-72-66(69)60-57-54-15-12-9-6-3)74-68(71)62-59-56-53-51-49-47-44-23-21-19-17-14-11-8-5-2/h7-8,10-11,16-19,22-24,26-27,29-30,32-33,35-36,38-39,44,65H,4-6,9,12-15,20-21,25,28,31,34,37,40-43,45-64H2,1-3H3/b10-7-,11-8-,18-16-,19-17-,24-22-,27-26-,30-29-,33-32-,36-35-,39-38-,44-23-. The molecule has 0 rings (SSSR count). The van der Waals surface area contributed by atoms with Crippen molar-refractivity contribution in [1.29, 1.82) is 0 Å². The summed E-state index contributed by atoms with van der Waals surface area (Å²) in [5.41, 5.74) is 0. The number of unbranched alkanes of at least 4 members (excludes halogenated alkanes) is 20. The van der Waals surface area contributed by atoms with Crippen molar-refractivity contribution in [1.82, 2.24) is 0 Å². The Morgan fingerprint density at radius 2 is 0.527 bits per heavy atom. The van der Waals surface area contributed by atoms with Gasteiger partial charge in [-0.25, -0.2) is 0 Å². The van der Waals surface area contributed by atoms with Gasteiger partial charge in [0, 0.05) is 19.3 Å². The molecule has 0 aliphatic rings. The van der Waals surface area contributed by atoms with Crippen LogP contribution in [0.1, 0.15) is 258 Å². The van der Waals surface area contributed by atoms with Gasteiger partial charge in [-0.05, 0) is 116 Å². The van der Waals surface area contributed by atoms with E-state index in [2.05, 4.69) is 154 Å². The van der Waals surface area contributed by atoms with Gasteiger partial charge >= 0.3 is 17.9 Å². The molecule has 6 nitrogen and oxygen atoms in total. The fraction of sp³-hybridized carbons (Fsp3) is 0.632. The molecule has 6 heteroatoms. The molecule has 0 aliphatic carbocycles. The first-order chi connectivity index (χ1) is 36.5. The van der Waals surface area contributed by atoms with Gasteiger partial charge in [0.15, 0.2) is 6.10 Å². The smallest absolute Gasteiger partial charge is 0.306 e. The third-order valence-corrected chi connectivity index (χ3v) is 12.4. The first kappa shape index (κ1) is 69.5. The van der Waals surface area contributed by atoms with E-state index in [1.807, 2.05) is 0 Å². The molecule has 0 radical (unpaired) electrons. The Morgan fingerprint density at radius 1 is 0.284 bits per heavy atom. The molecule has 0 saturated heterocycles. The second-order valence-corrected chi connectivity index (χ2v) is 19.5.